The highest BCUT2D eigenvalue weighted by Gasteiger charge is 2.26. The molecule has 0 fully saturated rings. The molecular formula is C26H35Cl2N3O5S. The summed E-state index contributed by atoms with van der Waals surface area (Å²) in [5.74, 6) is -0.00255. The summed E-state index contributed by atoms with van der Waals surface area (Å²) in [5, 5.41) is 3.62. The molecule has 37 heavy (non-hydrogen) atoms. The van der Waals surface area contributed by atoms with Crippen LogP contribution in [0.15, 0.2) is 42.5 Å². The lowest BCUT2D eigenvalue weighted by atomic mass is 10.1. The molecule has 0 aromatic heterocycles. The Bertz CT molecular complexity index is 1180. The van der Waals surface area contributed by atoms with Crippen LogP contribution in [0.5, 0.6) is 5.75 Å². The van der Waals surface area contributed by atoms with Crippen LogP contribution in [-0.4, -0.2) is 57.6 Å². The van der Waals surface area contributed by atoms with E-state index in [1.807, 2.05) is 6.92 Å². The van der Waals surface area contributed by atoms with Crippen molar-refractivity contribution in [2.24, 2.45) is 0 Å². The van der Waals surface area contributed by atoms with Gasteiger partial charge in [0, 0.05) is 32.1 Å². The molecule has 0 aliphatic carbocycles. The van der Waals surface area contributed by atoms with Crippen LogP contribution in [0.25, 0.3) is 0 Å². The number of unbranched alkanes of at least 4 members (excludes halogenated alkanes) is 1. The van der Waals surface area contributed by atoms with Gasteiger partial charge in [-0.25, -0.2) is 8.42 Å². The molecule has 2 rings (SSSR count). The number of ether oxygens (including phenoxy) is 1. The van der Waals surface area contributed by atoms with Crippen molar-refractivity contribution in [2.45, 2.75) is 52.1 Å². The second-order valence-electron chi connectivity index (χ2n) is 8.73. The van der Waals surface area contributed by atoms with Crippen molar-refractivity contribution < 1.29 is 22.7 Å². The highest BCUT2D eigenvalue weighted by atomic mass is 35.5. The number of sulfonamides is 1. The number of anilines is 1. The zero-order valence-corrected chi connectivity index (χ0v) is 24.0. The summed E-state index contributed by atoms with van der Waals surface area (Å²) in [6, 6.07) is 11.1. The van der Waals surface area contributed by atoms with Crippen LogP contribution in [0.1, 0.15) is 45.1 Å². The third kappa shape index (κ3) is 9.39. The summed E-state index contributed by atoms with van der Waals surface area (Å²) >= 11 is 12.2. The highest BCUT2D eigenvalue weighted by molar-refractivity contribution is 7.92. The Labute approximate surface area is 229 Å². The number of carbonyl (C=O) groups is 2. The quantitative estimate of drug-likeness (QED) is 0.326. The van der Waals surface area contributed by atoms with Gasteiger partial charge >= 0.3 is 0 Å². The standard InChI is InChI=1S/C26H35Cl2N3O5S/c1-5-6-14-29-26(33)19(2)30(18-20-12-13-23(27)24(28)16-20)25(32)11-8-15-31(37(4,34)35)21-9-7-10-22(17-21)36-3/h7,9-10,12-13,16-17,19H,5-6,8,11,14-15,18H2,1-4H3,(H,29,33)/t19-/m1/s1. The third-order valence-electron chi connectivity index (χ3n) is 5.83. The molecule has 0 heterocycles. The van der Waals surface area contributed by atoms with Crippen molar-refractivity contribution >= 4 is 50.7 Å². The first-order valence-electron chi connectivity index (χ1n) is 12.1. The van der Waals surface area contributed by atoms with Gasteiger partial charge in [-0.05, 0) is 49.6 Å². The van der Waals surface area contributed by atoms with Crippen LogP contribution in [0.3, 0.4) is 0 Å². The van der Waals surface area contributed by atoms with Gasteiger partial charge in [0.15, 0.2) is 0 Å². The van der Waals surface area contributed by atoms with Crippen molar-refractivity contribution in [3.05, 3.63) is 58.1 Å². The monoisotopic (exact) mass is 571 g/mol. The molecule has 0 radical (unpaired) electrons. The van der Waals surface area contributed by atoms with Gasteiger partial charge in [0.2, 0.25) is 21.8 Å². The maximum atomic E-state index is 13.3. The smallest absolute Gasteiger partial charge is 0.242 e. The van der Waals surface area contributed by atoms with Gasteiger partial charge in [-0.15, -0.1) is 0 Å². The van der Waals surface area contributed by atoms with E-state index in [4.69, 9.17) is 27.9 Å². The van der Waals surface area contributed by atoms with Crippen LogP contribution in [-0.2, 0) is 26.2 Å². The van der Waals surface area contributed by atoms with Gasteiger partial charge in [-0.3, -0.25) is 13.9 Å². The summed E-state index contributed by atoms with van der Waals surface area (Å²) in [5.41, 5.74) is 1.18. The minimum absolute atomic E-state index is 0.0455. The Hall–Kier alpha value is -2.49. The predicted octanol–water partition coefficient (Wildman–Crippen LogP) is 4.88. The molecular weight excluding hydrogens is 537 g/mol. The molecule has 0 saturated heterocycles. The number of amides is 2. The van der Waals surface area contributed by atoms with Crippen LogP contribution in [0.2, 0.25) is 10.0 Å². The molecule has 11 heteroatoms. The molecule has 0 saturated carbocycles. The van der Waals surface area contributed by atoms with E-state index in [9.17, 15) is 18.0 Å². The molecule has 1 N–H and O–H groups in total. The lowest BCUT2D eigenvalue weighted by Gasteiger charge is -2.29. The summed E-state index contributed by atoms with van der Waals surface area (Å²) in [7, 11) is -2.10. The molecule has 2 aromatic carbocycles. The molecule has 204 valence electrons. The molecule has 0 bridgehead atoms. The molecule has 0 spiro atoms. The average molecular weight is 573 g/mol. The first-order chi connectivity index (χ1) is 17.5. The van der Waals surface area contributed by atoms with Crippen molar-refractivity contribution in [3.8, 4) is 5.75 Å². The number of benzene rings is 2. The lowest BCUT2D eigenvalue weighted by Crippen LogP contribution is -2.48. The third-order valence-corrected chi connectivity index (χ3v) is 7.76. The van der Waals surface area contributed by atoms with E-state index in [0.717, 1.165) is 24.7 Å². The molecule has 8 nitrogen and oxygen atoms in total. The van der Waals surface area contributed by atoms with E-state index in [0.29, 0.717) is 28.0 Å². The summed E-state index contributed by atoms with van der Waals surface area (Å²) in [6.07, 6.45) is 3.19. The highest BCUT2D eigenvalue weighted by Crippen LogP contribution is 2.25. The first kappa shape index (κ1) is 30.7. The maximum absolute atomic E-state index is 13.3. The van der Waals surface area contributed by atoms with Gasteiger partial charge in [0.05, 0.1) is 29.1 Å². The van der Waals surface area contributed by atoms with Crippen molar-refractivity contribution in [1.29, 1.82) is 0 Å². The summed E-state index contributed by atoms with van der Waals surface area (Å²) in [4.78, 5) is 27.6. The summed E-state index contributed by atoms with van der Waals surface area (Å²) < 4.78 is 31.4. The van der Waals surface area contributed by atoms with E-state index in [1.54, 1.807) is 49.4 Å². The molecule has 0 unspecified atom stereocenters. The second-order valence-corrected chi connectivity index (χ2v) is 11.5. The number of nitrogens with zero attached hydrogens (tertiary/aromatic N) is 2. The molecule has 2 amide bonds. The Balaban J connectivity index is 2.18. The Morgan fingerprint density at radius 2 is 1.81 bits per heavy atom. The molecule has 0 aliphatic rings. The number of rotatable bonds is 14. The predicted molar refractivity (Wildman–Crippen MR) is 149 cm³/mol. The topological polar surface area (TPSA) is 96.0 Å². The van der Waals surface area contributed by atoms with Crippen LogP contribution < -0.4 is 14.4 Å². The fourth-order valence-electron chi connectivity index (χ4n) is 3.72. The van der Waals surface area contributed by atoms with Gasteiger partial charge in [0.1, 0.15) is 11.8 Å². The van der Waals surface area contributed by atoms with Crippen LogP contribution in [0.4, 0.5) is 5.69 Å². The van der Waals surface area contributed by atoms with E-state index >= 15 is 0 Å². The second kappa shape index (κ2) is 14.4. The Morgan fingerprint density at radius 1 is 1.08 bits per heavy atom. The maximum Gasteiger partial charge on any atom is 0.242 e. The van der Waals surface area contributed by atoms with E-state index in [2.05, 4.69) is 5.32 Å². The molecule has 2 aromatic rings. The number of hydrogen-bond acceptors (Lipinski definition) is 5. The van der Waals surface area contributed by atoms with Crippen LogP contribution >= 0.6 is 23.2 Å². The number of nitrogens with one attached hydrogen (secondary N) is 1. The van der Waals surface area contributed by atoms with Gasteiger partial charge in [0.25, 0.3) is 0 Å². The van der Waals surface area contributed by atoms with Gasteiger partial charge < -0.3 is 15.0 Å². The van der Waals surface area contributed by atoms with E-state index < -0.39 is 16.1 Å². The zero-order valence-electron chi connectivity index (χ0n) is 21.7. The molecule has 0 aliphatic heterocycles. The van der Waals surface area contributed by atoms with Crippen molar-refractivity contribution in [1.82, 2.24) is 10.2 Å². The largest absolute Gasteiger partial charge is 0.497 e. The number of carbonyl (C=O) groups excluding carboxylic acids is 2. The normalized spacial score (nSPS) is 12.1. The van der Waals surface area contributed by atoms with Gasteiger partial charge in [-0.2, -0.15) is 0 Å². The van der Waals surface area contributed by atoms with Gasteiger partial charge in [-0.1, -0.05) is 48.7 Å². The summed E-state index contributed by atoms with van der Waals surface area (Å²) in [6.45, 7) is 4.48. The van der Waals surface area contributed by atoms with E-state index in [1.165, 1.54) is 16.3 Å². The minimum atomic E-state index is -3.60. The van der Waals surface area contributed by atoms with Crippen molar-refractivity contribution in [3.63, 3.8) is 0 Å². The first-order valence-corrected chi connectivity index (χ1v) is 14.7. The Kier molecular flexibility index (Phi) is 12.0. The fourth-order valence-corrected chi connectivity index (χ4v) is 5.00. The minimum Gasteiger partial charge on any atom is -0.497 e. The lowest BCUT2D eigenvalue weighted by molar-refractivity contribution is -0.140. The van der Waals surface area contributed by atoms with E-state index in [-0.39, 0.29) is 37.7 Å². The fraction of sp³-hybridized carbons (Fsp3) is 0.462. The number of halogens is 2. The number of methoxy groups -OCH3 is 1. The SMILES string of the molecule is CCCCNC(=O)[C@@H](C)N(Cc1ccc(Cl)c(Cl)c1)C(=O)CCCN(c1cccc(OC)c1)S(C)(=O)=O. The number of hydrogen-bond donors (Lipinski definition) is 1. The zero-order chi connectivity index (χ0) is 27.6. The van der Waals surface area contributed by atoms with Crippen molar-refractivity contribution in [2.75, 3.05) is 30.8 Å². The average Bonchev–Trinajstić information content (AvgIpc) is 2.86. The van der Waals surface area contributed by atoms with Crippen LogP contribution in [0, 0.1) is 0 Å². The Morgan fingerprint density at radius 3 is 2.43 bits per heavy atom. The molecule has 1 atom stereocenters.